The zero-order valence-electron chi connectivity index (χ0n) is 14.9. The van der Waals surface area contributed by atoms with Gasteiger partial charge in [0.2, 0.25) is 0 Å². The molecule has 1 atom stereocenters. The van der Waals surface area contributed by atoms with E-state index in [1.807, 2.05) is 0 Å². The van der Waals surface area contributed by atoms with E-state index in [0.29, 0.717) is 0 Å². The van der Waals surface area contributed by atoms with E-state index in [2.05, 4.69) is 43.3 Å². The van der Waals surface area contributed by atoms with Crippen LogP contribution in [0.15, 0.2) is 42.0 Å². The molecular weight excluding hydrogens is 280 g/mol. The molecule has 1 nitrogen and oxygen atoms in total. The van der Waals surface area contributed by atoms with E-state index < -0.39 is 0 Å². The van der Waals surface area contributed by atoms with Crippen LogP contribution in [-0.4, -0.2) is 13.2 Å². The molecule has 1 aromatic carbocycles. The minimum Gasteiger partial charge on any atom is -0.377 e. The zero-order chi connectivity index (χ0) is 16.2. The monoisotopic (exact) mass is 314 g/mol. The summed E-state index contributed by atoms with van der Waals surface area (Å²) in [5, 5.41) is 0. The van der Waals surface area contributed by atoms with E-state index in [4.69, 9.17) is 4.74 Å². The second kappa shape index (κ2) is 11.5. The van der Waals surface area contributed by atoms with Crippen molar-refractivity contribution in [3.63, 3.8) is 0 Å². The molecule has 0 spiro atoms. The number of benzene rings is 1. The number of rotatable bonds is 11. The normalized spacial score (nSPS) is 19.5. The number of hydrogen-bond acceptors (Lipinski definition) is 1. The molecule has 0 bridgehead atoms. The number of ether oxygens (including phenoxy) is 1. The Balaban J connectivity index is 1.59. The van der Waals surface area contributed by atoms with Gasteiger partial charge in [0, 0.05) is 0 Å². The fourth-order valence-corrected chi connectivity index (χ4v) is 3.62. The molecule has 1 aliphatic carbocycles. The predicted molar refractivity (Wildman–Crippen MR) is 99.8 cm³/mol. The van der Waals surface area contributed by atoms with Crippen molar-refractivity contribution in [2.24, 2.45) is 5.92 Å². The predicted octanol–water partition coefficient (Wildman–Crippen LogP) is 6.33. The molecule has 0 saturated heterocycles. The quantitative estimate of drug-likeness (QED) is 0.342. The van der Waals surface area contributed by atoms with Crippen LogP contribution in [0.5, 0.6) is 0 Å². The van der Waals surface area contributed by atoms with Gasteiger partial charge in [0.15, 0.2) is 0 Å². The molecule has 1 aliphatic rings. The lowest BCUT2D eigenvalue weighted by Gasteiger charge is -2.12. The first-order chi connectivity index (χ1) is 11.4. The third-order valence-electron chi connectivity index (χ3n) is 5.04. The summed E-state index contributed by atoms with van der Waals surface area (Å²) in [6.45, 7) is 3.92. The van der Waals surface area contributed by atoms with Crippen molar-refractivity contribution in [1.29, 1.82) is 0 Å². The van der Waals surface area contributed by atoms with Crippen LogP contribution in [0.1, 0.15) is 70.3 Å². The van der Waals surface area contributed by atoms with Crippen molar-refractivity contribution in [1.82, 2.24) is 0 Å². The van der Waals surface area contributed by atoms with E-state index in [1.54, 1.807) is 5.57 Å². The van der Waals surface area contributed by atoms with Crippen LogP contribution in [0.25, 0.3) is 0 Å². The van der Waals surface area contributed by atoms with Crippen molar-refractivity contribution < 1.29 is 4.74 Å². The summed E-state index contributed by atoms with van der Waals surface area (Å²) in [6.07, 6.45) is 15.9. The molecule has 23 heavy (non-hydrogen) atoms. The third kappa shape index (κ3) is 7.35. The van der Waals surface area contributed by atoms with Crippen molar-refractivity contribution >= 4 is 0 Å². The molecule has 1 unspecified atom stereocenters. The standard InChI is InChI=1S/C22H34O/c1-2-3-4-5-9-13-21-14-10-15-22(21)17-19-23-18-16-20-11-7-6-8-12-20/h6-8,11-12,17,21H,2-5,9-10,13-16,18-19H2,1H3. The van der Waals surface area contributed by atoms with E-state index >= 15 is 0 Å². The van der Waals surface area contributed by atoms with Gasteiger partial charge in [-0.3, -0.25) is 0 Å². The fraction of sp³-hybridized carbons (Fsp3) is 0.636. The number of unbranched alkanes of at least 4 members (excludes halogenated alkanes) is 4. The Morgan fingerprint density at radius 2 is 1.91 bits per heavy atom. The molecule has 0 aromatic heterocycles. The zero-order valence-corrected chi connectivity index (χ0v) is 14.9. The molecule has 1 fully saturated rings. The van der Waals surface area contributed by atoms with Crippen LogP contribution in [0.3, 0.4) is 0 Å². The topological polar surface area (TPSA) is 9.23 Å². The Hall–Kier alpha value is -1.08. The highest BCUT2D eigenvalue weighted by Gasteiger charge is 2.19. The lowest BCUT2D eigenvalue weighted by atomic mass is 9.95. The van der Waals surface area contributed by atoms with E-state index in [9.17, 15) is 0 Å². The SMILES string of the molecule is CCCCCCCC1CCCC1=CCOCCc1ccccc1. The summed E-state index contributed by atoms with van der Waals surface area (Å²) < 4.78 is 5.83. The van der Waals surface area contributed by atoms with Gasteiger partial charge in [-0.15, -0.1) is 0 Å². The fourth-order valence-electron chi connectivity index (χ4n) is 3.62. The van der Waals surface area contributed by atoms with Crippen LogP contribution in [0, 0.1) is 5.92 Å². The maximum absolute atomic E-state index is 5.83. The molecule has 0 aliphatic heterocycles. The van der Waals surface area contributed by atoms with Gasteiger partial charge < -0.3 is 4.74 Å². The molecule has 128 valence electrons. The molecule has 0 heterocycles. The molecular formula is C22H34O. The van der Waals surface area contributed by atoms with Gasteiger partial charge in [-0.1, -0.05) is 81.0 Å². The Bertz CT molecular complexity index is 435. The second-order valence-corrected chi connectivity index (χ2v) is 6.88. The molecule has 0 amide bonds. The van der Waals surface area contributed by atoms with Crippen LogP contribution in [0.2, 0.25) is 0 Å². The molecule has 2 rings (SSSR count). The Morgan fingerprint density at radius 3 is 2.74 bits per heavy atom. The lowest BCUT2D eigenvalue weighted by Crippen LogP contribution is -2.02. The summed E-state index contributed by atoms with van der Waals surface area (Å²) in [4.78, 5) is 0. The molecule has 1 saturated carbocycles. The molecule has 1 heteroatoms. The van der Waals surface area contributed by atoms with Crippen LogP contribution >= 0.6 is 0 Å². The average molecular weight is 315 g/mol. The van der Waals surface area contributed by atoms with Gasteiger partial charge in [0.05, 0.1) is 13.2 Å². The van der Waals surface area contributed by atoms with Crippen molar-refractivity contribution in [3.05, 3.63) is 47.5 Å². The van der Waals surface area contributed by atoms with Gasteiger partial charge >= 0.3 is 0 Å². The Morgan fingerprint density at radius 1 is 1.09 bits per heavy atom. The summed E-state index contributed by atoms with van der Waals surface area (Å²) >= 11 is 0. The van der Waals surface area contributed by atoms with Crippen molar-refractivity contribution in [2.75, 3.05) is 13.2 Å². The summed E-state index contributed by atoms with van der Waals surface area (Å²) in [6, 6.07) is 10.6. The smallest absolute Gasteiger partial charge is 0.0650 e. The summed E-state index contributed by atoms with van der Waals surface area (Å²) in [5.74, 6) is 0.856. The number of hydrogen-bond donors (Lipinski definition) is 0. The van der Waals surface area contributed by atoms with Crippen molar-refractivity contribution in [2.45, 2.75) is 71.1 Å². The van der Waals surface area contributed by atoms with Gasteiger partial charge in [0.25, 0.3) is 0 Å². The third-order valence-corrected chi connectivity index (χ3v) is 5.04. The number of allylic oxidation sites excluding steroid dienone is 1. The van der Waals surface area contributed by atoms with Gasteiger partial charge in [0.1, 0.15) is 0 Å². The molecule has 0 radical (unpaired) electrons. The van der Waals surface area contributed by atoms with Crippen LogP contribution < -0.4 is 0 Å². The lowest BCUT2D eigenvalue weighted by molar-refractivity contribution is 0.165. The van der Waals surface area contributed by atoms with E-state index in [-0.39, 0.29) is 0 Å². The first-order valence-electron chi connectivity index (χ1n) is 9.70. The Kier molecular flexibility index (Phi) is 9.09. The first kappa shape index (κ1) is 18.3. The van der Waals surface area contributed by atoms with E-state index in [1.165, 1.54) is 63.4 Å². The molecule has 0 N–H and O–H groups in total. The van der Waals surface area contributed by atoms with Crippen LogP contribution in [-0.2, 0) is 11.2 Å². The van der Waals surface area contributed by atoms with E-state index in [0.717, 1.165) is 25.6 Å². The maximum Gasteiger partial charge on any atom is 0.0650 e. The highest BCUT2D eigenvalue weighted by Crippen LogP contribution is 2.34. The van der Waals surface area contributed by atoms with Crippen LogP contribution in [0.4, 0.5) is 0 Å². The second-order valence-electron chi connectivity index (χ2n) is 6.88. The Labute approximate surface area is 143 Å². The summed E-state index contributed by atoms with van der Waals surface area (Å²) in [5.41, 5.74) is 3.05. The van der Waals surface area contributed by atoms with Gasteiger partial charge in [-0.25, -0.2) is 0 Å². The molecule has 1 aromatic rings. The first-order valence-corrected chi connectivity index (χ1v) is 9.70. The van der Waals surface area contributed by atoms with Gasteiger partial charge in [-0.2, -0.15) is 0 Å². The highest BCUT2D eigenvalue weighted by molar-refractivity contribution is 5.14. The summed E-state index contributed by atoms with van der Waals surface area (Å²) in [7, 11) is 0. The van der Waals surface area contributed by atoms with Crippen molar-refractivity contribution in [3.8, 4) is 0 Å². The highest BCUT2D eigenvalue weighted by atomic mass is 16.5. The minimum absolute atomic E-state index is 0.800. The maximum atomic E-state index is 5.83. The minimum atomic E-state index is 0.800. The van der Waals surface area contributed by atoms with Gasteiger partial charge in [-0.05, 0) is 43.6 Å². The largest absolute Gasteiger partial charge is 0.377 e. The average Bonchev–Trinajstić information content (AvgIpc) is 3.03.